The first-order valence-electron chi connectivity index (χ1n) is 10.6. The second kappa shape index (κ2) is 9.00. The van der Waals surface area contributed by atoms with Crippen molar-refractivity contribution in [2.24, 2.45) is 0 Å². The van der Waals surface area contributed by atoms with Crippen molar-refractivity contribution in [1.82, 2.24) is 14.1 Å². The van der Waals surface area contributed by atoms with Crippen molar-refractivity contribution in [1.29, 1.82) is 0 Å². The van der Waals surface area contributed by atoms with Crippen molar-refractivity contribution in [3.8, 4) is 0 Å². The molecule has 4 rings (SSSR count). The van der Waals surface area contributed by atoms with Crippen molar-refractivity contribution < 1.29 is 22.7 Å². The lowest BCUT2D eigenvalue weighted by atomic mass is 10.2. The van der Waals surface area contributed by atoms with Crippen molar-refractivity contribution in [3.63, 3.8) is 0 Å². The maximum absolute atomic E-state index is 13.1. The lowest BCUT2D eigenvalue weighted by molar-refractivity contribution is -0.117. The van der Waals surface area contributed by atoms with Crippen LogP contribution in [0.15, 0.2) is 29.2 Å². The molecule has 0 radical (unpaired) electrons. The maximum atomic E-state index is 13.1. The van der Waals surface area contributed by atoms with Gasteiger partial charge in [0.2, 0.25) is 21.8 Å². The Hall–Kier alpha value is -2.76. The highest BCUT2D eigenvalue weighted by atomic mass is 32.2. The standard InChI is InChI=1S/C21H27N5O5S/c1-15-21(32(29,30)24-10-12-31-13-11-24)16(2)26(23-15)14-19(27)22-17-5-7-18(8-6-17)25-9-3-4-20(25)28/h5-8H,3-4,9-14H2,1-2H3,(H,22,27). The van der Waals surface area contributed by atoms with E-state index in [1.807, 2.05) is 0 Å². The van der Waals surface area contributed by atoms with Crippen LogP contribution in [0, 0.1) is 13.8 Å². The number of hydrogen-bond donors (Lipinski definition) is 1. The number of aryl methyl sites for hydroxylation is 1. The van der Waals surface area contributed by atoms with Gasteiger partial charge in [0.15, 0.2) is 0 Å². The number of nitrogens with one attached hydrogen (secondary N) is 1. The zero-order valence-electron chi connectivity index (χ0n) is 18.2. The summed E-state index contributed by atoms with van der Waals surface area (Å²) < 4.78 is 34.2. The van der Waals surface area contributed by atoms with Crippen LogP contribution < -0.4 is 10.2 Å². The molecule has 2 fully saturated rings. The molecule has 0 spiro atoms. The molecule has 2 aromatic rings. The van der Waals surface area contributed by atoms with Crippen LogP contribution in [0.2, 0.25) is 0 Å². The third-order valence-corrected chi connectivity index (χ3v) is 7.86. The molecule has 0 aliphatic carbocycles. The number of carbonyl (C=O) groups excluding carboxylic acids is 2. The van der Waals surface area contributed by atoms with Crippen LogP contribution in [0.3, 0.4) is 0 Å². The number of carbonyl (C=O) groups is 2. The lowest BCUT2D eigenvalue weighted by Gasteiger charge is -2.26. The number of rotatable bonds is 6. The Kier molecular flexibility index (Phi) is 6.31. The number of nitrogens with zero attached hydrogens (tertiary/aromatic N) is 4. The number of hydrogen-bond acceptors (Lipinski definition) is 6. The van der Waals surface area contributed by atoms with Crippen molar-refractivity contribution >= 4 is 33.2 Å². The van der Waals surface area contributed by atoms with E-state index in [4.69, 9.17) is 4.74 Å². The summed E-state index contributed by atoms with van der Waals surface area (Å²) in [6.45, 7) is 5.19. The molecule has 1 N–H and O–H groups in total. The zero-order valence-corrected chi connectivity index (χ0v) is 19.0. The Morgan fingerprint density at radius 1 is 1.12 bits per heavy atom. The Labute approximate surface area is 187 Å². The number of aromatic nitrogens is 2. The second-order valence-electron chi connectivity index (χ2n) is 7.92. The first-order valence-corrected chi connectivity index (χ1v) is 12.0. The van der Waals surface area contributed by atoms with Gasteiger partial charge in [-0.25, -0.2) is 8.42 Å². The van der Waals surface area contributed by atoms with Crippen molar-refractivity contribution in [2.75, 3.05) is 43.1 Å². The summed E-state index contributed by atoms with van der Waals surface area (Å²) in [7, 11) is -3.71. The number of amides is 2. The largest absolute Gasteiger partial charge is 0.379 e. The molecule has 0 unspecified atom stereocenters. The average Bonchev–Trinajstić information content (AvgIpc) is 3.31. The summed E-state index contributed by atoms with van der Waals surface area (Å²) in [5, 5.41) is 7.10. The predicted molar refractivity (Wildman–Crippen MR) is 118 cm³/mol. The molecule has 0 saturated carbocycles. The van der Waals surface area contributed by atoms with Gasteiger partial charge in [0.25, 0.3) is 0 Å². The highest BCUT2D eigenvalue weighted by molar-refractivity contribution is 7.89. The van der Waals surface area contributed by atoms with Crippen molar-refractivity contribution in [3.05, 3.63) is 35.7 Å². The predicted octanol–water partition coefficient (Wildman–Crippen LogP) is 1.29. The number of anilines is 2. The van der Waals surface area contributed by atoms with E-state index in [2.05, 4.69) is 10.4 Å². The molecule has 2 amide bonds. The Morgan fingerprint density at radius 2 is 1.81 bits per heavy atom. The van der Waals surface area contributed by atoms with Crippen LogP contribution in [-0.2, 0) is 30.9 Å². The maximum Gasteiger partial charge on any atom is 0.246 e. The third kappa shape index (κ3) is 4.41. The van der Waals surface area contributed by atoms with Gasteiger partial charge >= 0.3 is 0 Å². The molecule has 11 heteroatoms. The molecular weight excluding hydrogens is 434 g/mol. The van der Waals surface area contributed by atoms with Crippen LogP contribution in [-0.4, -0.2) is 67.2 Å². The summed E-state index contributed by atoms with van der Waals surface area (Å²) in [4.78, 5) is 26.3. The Morgan fingerprint density at radius 3 is 2.44 bits per heavy atom. The van der Waals surface area contributed by atoms with E-state index >= 15 is 0 Å². The molecule has 0 bridgehead atoms. The highest BCUT2D eigenvalue weighted by Gasteiger charge is 2.32. The van der Waals surface area contributed by atoms with E-state index in [-0.39, 0.29) is 23.3 Å². The fourth-order valence-electron chi connectivity index (χ4n) is 4.11. The van der Waals surface area contributed by atoms with E-state index in [0.29, 0.717) is 56.3 Å². The molecule has 1 aromatic carbocycles. The van der Waals surface area contributed by atoms with E-state index in [0.717, 1.165) is 12.1 Å². The minimum Gasteiger partial charge on any atom is -0.379 e. The fourth-order valence-corrected chi connectivity index (χ4v) is 5.89. The SMILES string of the molecule is Cc1nn(CC(=O)Nc2ccc(N3CCCC3=O)cc2)c(C)c1S(=O)(=O)N1CCOCC1. The molecular formula is C21H27N5O5S. The Bertz CT molecular complexity index is 1120. The lowest BCUT2D eigenvalue weighted by Crippen LogP contribution is -2.41. The highest BCUT2D eigenvalue weighted by Crippen LogP contribution is 2.25. The first kappa shape index (κ1) is 22.4. The number of ether oxygens (including phenoxy) is 1. The summed E-state index contributed by atoms with van der Waals surface area (Å²) >= 11 is 0. The minimum absolute atomic E-state index is 0.106. The summed E-state index contributed by atoms with van der Waals surface area (Å²) in [6.07, 6.45) is 1.41. The number of benzene rings is 1. The smallest absolute Gasteiger partial charge is 0.246 e. The zero-order chi connectivity index (χ0) is 22.9. The number of morpholine rings is 1. The van der Waals surface area contributed by atoms with Gasteiger partial charge in [-0.05, 0) is 44.5 Å². The van der Waals surface area contributed by atoms with Gasteiger partial charge < -0.3 is 15.0 Å². The van der Waals surface area contributed by atoms with E-state index in [1.54, 1.807) is 43.0 Å². The minimum atomic E-state index is -3.71. The van der Waals surface area contributed by atoms with Crippen LogP contribution in [0.1, 0.15) is 24.2 Å². The number of sulfonamides is 1. The Balaban J connectivity index is 1.45. The molecule has 1 aromatic heterocycles. The van der Waals surface area contributed by atoms with E-state index in [9.17, 15) is 18.0 Å². The van der Waals surface area contributed by atoms with Gasteiger partial charge in [0.1, 0.15) is 11.4 Å². The van der Waals surface area contributed by atoms with E-state index in [1.165, 1.54) is 8.99 Å². The van der Waals surface area contributed by atoms with Gasteiger partial charge in [-0.1, -0.05) is 0 Å². The van der Waals surface area contributed by atoms with Crippen LogP contribution in [0.25, 0.3) is 0 Å². The normalized spacial score (nSPS) is 17.7. The first-order chi connectivity index (χ1) is 15.3. The molecule has 32 heavy (non-hydrogen) atoms. The van der Waals surface area contributed by atoms with Gasteiger partial charge in [-0.3, -0.25) is 14.3 Å². The van der Waals surface area contributed by atoms with Gasteiger partial charge in [-0.2, -0.15) is 9.40 Å². The molecule has 2 saturated heterocycles. The van der Waals surface area contributed by atoms with E-state index < -0.39 is 10.0 Å². The van der Waals surface area contributed by atoms with Crippen LogP contribution in [0.5, 0.6) is 0 Å². The summed E-state index contributed by atoms with van der Waals surface area (Å²) in [6, 6.07) is 7.09. The monoisotopic (exact) mass is 461 g/mol. The molecule has 3 heterocycles. The summed E-state index contributed by atoms with van der Waals surface area (Å²) in [5.41, 5.74) is 2.18. The molecule has 2 aliphatic rings. The average molecular weight is 462 g/mol. The quantitative estimate of drug-likeness (QED) is 0.693. The van der Waals surface area contributed by atoms with Crippen LogP contribution >= 0.6 is 0 Å². The van der Waals surface area contributed by atoms with Crippen molar-refractivity contribution in [2.45, 2.75) is 38.1 Å². The van der Waals surface area contributed by atoms with Gasteiger partial charge in [0, 0.05) is 37.4 Å². The summed E-state index contributed by atoms with van der Waals surface area (Å²) in [5.74, 6) is -0.218. The second-order valence-corrected chi connectivity index (χ2v) is 9.79. The topological polar surface area (TPSA) is 114 Å². The van der Waals surface area contributed by atoms with Gasteiger partial charge in [0.05, 0.1) is 24.6 Å². The van der Waals surface area contributed by atoms with Gasteiger partial charge in [-0.15, -0.1) is 0 Å². The molecule has 2 aliphatic heterocycles. The van der Waals surface area contributed by atoms with Crippen LogP contribution in [0.4, 0.5) is 11.4 Å². The third-order valence-electron chi connectivity index (χ3n) is 5.71. The fraction of sp³-hybridized carbons (Fsp3) is 0.476. The molecule has 10 nitrogen and oxygen atoms in total. The molecule has 0 atom stereocenters. The molecule has 172 valence electrons.